The average molecular weight is 269 g/mol. The SMILES string of the molecule is C=CCOc1ccc2ccccc2c1CNCCCC. The second-order valence-corrected chi connectivity index (χ2v) is 4.89. The van der Waals surface area contributed by atoms with Crippen LogP contribution in [0.3, 0.4) is 0 Å². The number of ether oxygens (including phenoxy) is 1. The van der Waals surface area contributed by atoms with Crippen LogP contribution in [-0.2, 0) is 6.54 Å². The summed E-state index contributed by atoms with van der Waals surface area (Å²) in [6, 6.07) is 12.6. The van der Waals surface area contributed by atoms with Crippen molar-refractivity contribution >= 4 is 10.8 Å². The Bertz CT molecular complexity index is 562. The molecule has 2 aromatic carbocycles. The fraction of sp³-hybridized carbons (Fsp3) is 0.333. The first-order valence-electron chi connectivity index (χ1n) is 7.32. The van der Waals surface area contributed by atoms with Gasteiger partial charge in [0.25, 0.3) is 0 Å². The molecule has 2 heteroatoms. The van der Waals surface area contributed by atoms with Gasteiger partial charge in [0.15, 0.2) is 0 Å². The first-order chi connectivity index (χ1) is 9.86. The smallest absolute Gasteiger partial charge is 0.124 e. The number of nitrogens with one attached hydrogen (secondary N) is 1. The van der Waals surface area contributed by atoms with Crippen molar-refractivity contribution in [1.29, 1.82) is 0 Å². The molecule has 0 aliphatic heterocycles. The molecule has 2 rings (SSSR count). The lowest BCUT2D eigenvalue weighted by Crippen LogP contribution is -2.15. The molecule has 0 aromatic heterocycles. The molecule has 2 aromatic rings. The third-order valence-corrected chi connectivity index (χ3v) is 3.36. The molecular formula is C18H23NO. The Balaban J connectivity index is 2.26. The minimum atomic E-state index is 0.542. The van der Waals surface area contributed by atoms with Crippen LogP contribution in [0.1, 0.15) is 25.3 Å². The molecule has 0 saturated carbocycles. The van der Waals surface area contributed by atoms with Gasteiger partial charge in [0.2, 0.25) is 0 Å². The number of benzene rings is 2. The Hall–Kier alpha value is -1.80. The van der Waals surface area contributed by atoms with E-state index in [1.807, 2.05) is 0 Å². The van der Waals surface area contributed by atoms with E-state index >= 15 is 0 Å². The predicted octanol–water partition coefficient (Wildman–Crippen LogP) is 4.29. The zero-order valence-electron chi connectivity index (χ0n) is 12.2. The molecule has 0 unspecified atom stereocenters. The van der Waals surface area contributed by atoms with Crippen molar-refractivity contribution < 1.29 is 4.74 Å². The van der Waals surface area contributed by atoms with Crippen LogP contribution in [0, 0.1) is 0 Å². The maximum Gasteiger partial charge on any atom is 0.124 e. The lowest BCUT2D eigenvalue weighted by Gasteiger charge is -2.14. The van der Waals surface area contributed by atoms with Gasteiger partial charge in [-0.3, -0.25) is 0 Å². The van der Waals surface area contributed by atoms with E-state index in [0.717, 1.165) is 18.8 Å². The van der Waals surface area contributed by atoms with Crippen LogP contribution in [0.15, 0.2) is 49.1 Å². The minimum absolute atomic E-state index is 0.542. The summed E-state index contributed by atoms with van der Waals surface area (Å²) < 4.78 is 5.79. The number of rotatable bonds is 8. The van der Waals surface area contributed by atoms with Crippen LogP contribution < -0.4 is 10.1 Å². The summed E-state index contributed by atoms with van der Waals surface area (Å²) >= 11 is 0. The first-order valence-corrected chi connectivity index (χ1v) is 7.32. The normalized spacial score (nSPS) is 10.7. The van der Waals surface area contributed by atoms with Crippen molar-refractivity contribution in [3.63, 3.8) is 0 Å². The Morgan fingerprint density at radius 2 is 2.05 bits per heavy atom. The van der Waals surface area contributed by atoms with Gasteiger partial charge in [0, 0.05) is 12.1 Å². The maximum atomic E-state index is 5.79. The van der Waals surface area contributed by atoms with Crippen LogP contribution in [0.4, 0.5) is 0 Å². The van der Waals surface area contributed by atoms with Gasteiger partial charge in [-0.25, -0.2) is 0 Å². The summed E-state index contributed by atoms with van der Waals surface area (Å²) in [6.07, 6.45) is 4.19. The van der Waals surface area contributed by atoms with E-state index < -0.39 is 0 Å². The van der Waals surface area contributed by atoms with Crippen LogP contribution in [-0.4, -0.2) is 13.2 Å². The van der Waals surface area contributed by atoms with Crippen LogP contribution in [0.2, 0.25) is 0 Å². The molecule has 0 heterocycles. The minimum Gasteiger partial charge on any atom is -0.489 e. The Morgan fingerprint density at radius 3 is 2.85 bits per heavy atom. The zero-order valence-corrected chi connectivity index (χ0v) is 12.2. The Kier molecular flexibility index (Phi) is 5.63. The molecule has 0 aliphatic carbocycles. The van der Waals surface area contributed by atoms with Gasteiger partial charge >= 0.3 is 0 Å². The molecule has 2 nitrogen and oxygen atoms in total. The summed E-state index contributed by atoms with van der Waals surface area (Å²) in [4.78, 5) is 0. The second-order valence-electron chi connectivity index (χ2n) is 4.89. The van der Waals surface area contributed by atoms with E-state index in [4.69, 9.17) is 4.74 Å². The van der Waals surface area contributed by atoms with Gasteiger partial charge in [-0.2, -0.15) is 0 Å². The molecule has 20 heavy (non-hydrogen) atoms. The molecular weight excluding hydrogens is 246 g/mol. The lowest BCUT2D eigenvalue weighted by atomic mass is 10.0. The molecule has 0 radical (unpaired) electrons. The van der Waals surface area contributed by atoms with Crippen molar-refractivity contribution in [3.05, 3.63) is 54.6 Å². The molecule has 106 valence electrons. The maximum absolute atomic E-state index is 5.79. The van der Waals surface area contributed by atoms with Crippen LogP contribution in [0.5, 0.6) is 5.75 Å². The summed E-state index contributed by atoms with van der Waals surface area (Å²) in [5.41, 5.74) is 1.24. The molecule has 0 bridgehead atoms. The quantitative estimate of drug-likeness (QED) is 0.570. The van der Waals surface area contributed by atoms with Gasteiger partial charge in [-0.15, -0.1) is 0 Å². The van der Waals surface area contributed by atoms with Gasteiger partial charge in [-0.1, -0.05) is 56.3 Å². The van der Waals surface area contributed by atoms with E-state index in [1.165, 1.54) is 29.2 Å². The molecule has 1 N–H and O–H groups in total. The summed E-state index contributed by atoms with van der Waals surface area (Å²) in [7, 11) is 0. The Morgan fingerprint density at radius 1 is 1.20 bits per heavy atom. The fourth-order valence-corrected chi connectivity index (χ4v) is 2.30. The third-order valence-electron chi connectivity index (χ3n) is 3.36. The van der Waals surface area contributed by atoms with Crippen molar-refractivity contribution in [1.82, 2.24) is 5.32 Å². The van der Waals surface area contributed by atoms with Crippen molar-refractivity contribution in [2.24, 2.45) is 0 Å². The van der Waals surface area contributed by atoms with E-state index in [9.17, 15) is 0 Å². The molecule has 0 saturated heterocycles. The number of unbranched alkanes of at least 4 members (excludes halogenated alkanes) is 1. The molecule has 0 atom stereocenters. The second kappa shape index (κ2) is 7.71. The molecule has 0 aliphatic rings. The topological polar surface area (TPSA) is 21.3 Å². The lowest BCUT2D eigenvalue weighted by molar-refractivity contribution is 0.358. The monoisotopic (exact) mass is 269 g/mol. The van der Waals surface area contributed by atoms with E-state index in [0.29, 0.717) is 6.61 Å². The van der Waals surface area contributed by atoms with E-state index in [1.54, 1.807) is 6.08 Å². The first kappa shape index (κ1) is 14.6. The summed E-state index contributed by atoms with van der Waals surface area (Å²) in [6.45, 7) is 8.35. The van der Waals surface area contributed by atoms with Gasteiger partial charge in [0.1, 0.15) is 12.4 Å². The Labute approximate surface area is 121 Å². The third kappa shape index (κ3) is 3.61. The molecule has 0 fully saturated rings. The van der Waals surface area contributed by atoms with Crippen LogP contribution >= 0.6 is 0 Å². The zero-order chi connectivity index (χ0) is 14.2. The predicted molar refractivity (Wildman–Crippen MR) is 86.3 cm³/mol. The average Bonchev–Trinajstić information content (AvgIpc) is 2.50. The highest BCUT2D eigenvalue weighted by Crippen LogP contribution is 2.28. The standard InChI is InChI=1S/C18H23NO/c1-3-5-12-19-14-17-16-9-7-6-8-15(16)10-11-18(17)20-13-4-2/h4,6-11,19H,2-3,5,12-14H2,1H3. The van der Waals surface area contributed by atoms with E-state index in [2.05, 4.69) is 55.2 Å². The van der Waals surface area contributed by atoms with Crippen molar-refractivity contribution in [2.45, 2.75) is 26.3 Å². The van der Waals surface area contributed by atoms with E-state index in [-0.39, 0.29) is 0 Å². The fourth-order valence-electron chi connectivity index (χ4n) is 2.30. The number of hydrogen-bond acceptors (Lipinski definition) is 2. The highest BCUT2D eigenvalue weighted by molar-refractivity contribution is 5.87. The number of hydrogen-bond donors (Lipinski definition) is 1. The van der Waals surface area contributed by atoms with Crippen molar-refractivity contribution in [3.8, 4) is 5.75 Å². The van der Waals surface area contributed by atoms with Gasteiger partial charge < -0.3 is 10.1 Å². The largest absolute Gasteiger partial charge is 0.489 e. The highest BCUT2D eigenvalue weighted by atomic mass is 16.5. The molecule has 0 amide bonds. The number of fused-ring (bicyclic) bond motifs is 1. The van der Waals surface area contributed by atoms with Crippen LogP contribution in [0.25, 0.3) is 10.8 Å². The molecule has 0 spiro atoms. The highest BCUT2D eigenvalue weighted by Gasteiger charge is 2.08. The summed E-state index contributed by atoms with van der Waals surface area (Å²) in [5.74, 6) is 0.951. The summed E-state index contributed by atoms with van der Waals surface area (Å²) in [5, 5.41) is 6.02. The van der Waals surface area contributed by atoms with Crippen molar-refractivity contribution in [2.75, 3.05) is 13.2 Å². The van der Waals surface area contributed by atoms with Gasteiger partial charge in [0.05, 0.1) is 0 Å². The van der Waals surface area contributed by atoms with Gasteiger partial charge in [-0.05, 0) is 29.8 Å².